The number of rotatable bonds is 6. The molecular weight excluding hydrogens is 194 g/mol. The van der Waals surface area contributed by atoms with E-state index in [4.69, 9.17) is 0 Å². The molecule has 0 aromatic heterocycles. The fraction of sp³-hybridized carbons (Fsp3) is 0.867. The van der Waals surface area contributed by atoms with Gasteiger partial charge in [0.2, 0.25) is 0 Å². The van der Waals surface area contributed by atoms with Crippen molar-refractivity contribution < 1.29 is 0 Å². The molecule has 0 aliphatic carbocycles. The summed E-state index contributed by atoms with van der Waals surface area (Å²) < 4.78 is 0. The van der Waals surface area contributed by atoms with Gasteiger partial charge < -0.3 is 4.90 Å². The Morgan fingerprint density at radius 2 is 1.94 bits per heavy atom. The summed E-state index contributed by atoms with van der Waals surface area (Å²) in [6.45, 7) is 13.7. The van der Waals surface area contributed by atoms with Gasteiger partial charge in [-0.3, -0.25) is 0 Å². The molecule has 1 heteroatoms. The van der Waals surface area contributed by atoms with Crippen LogP contribution in [0.3, 0.4) is 0 Å². The Bertz CT molecular complexity index is 201. The van der Waals surface area contributed by atoms with Crippen LogP contribution >= 0.6 is 0 Å². The molecule has 1 aliphatic rings. The quantitative estimate of drug-likeness (QED) is 0.643. The summed E-state index contributed by atoms with van der Waals surface area (Å²) in [6.07, 6.45) is 7.89. The second kappa shape index (κ2) is 6.98. The third-order valence-electron chi connectivity index (χ3n) is 4.03. The highest BCUT2D eigenvalue weighted by Gasteiger charge is 2.18. The molecule has 0 saturated carbocycles. The van der Waals surface area contributed by atoms with Crippen LogP contribution in [-0.4, -0.2) is 18.0 Å². The maximum Gasteiger partial charge on any atom is 0.0177 e. The number of likely N-dealkylation sites (tertiary alicyclic amines) is 1. The highest BCUT2D eigenvalue weighted by molar-refractivity contribution is 4.97. The maximum absolute atomic E-state index is 4.30. The van der Waals surface area contributed by atoms with Crippen LogP contribution in [0.5, 0.6) is 0 Å². The zero-order valence-corrected chi connectivity index (χ0v) is 11.5. The Labute approximate surface area is 102 Å². The summed E-state index contributed by atoms with van der Waals surface area (Å²) in [7, 11) is 0. The minimum atomic E-state index is 0.858. The van der Waals surface area contributed by atoms with Gasteiger partial charge in [0.15, 0.2) is 0 Å². The Morgan fingerprint density at radius 1 is 1.31 bits per heavy atom. The minimum Gasteiger partial charge on any atom is -0.375 e. The number of piperidine rings is 1. The lowest BCUT2D eigenvalue weighted by molar-refractivity contribution is 0.223. The first-order valence-corrected chi connectivity index (χ1v) is 7.10. The number of nitrogens with zero attached hydrogens (tertiary/aromatic N) is 1. The number of hydrogen-bond donors (Lipinski definition) is 0. The van der Waals surface area contributed by atoms with E-state index < -0.39 is 0 Å². The predicted molar refractivity (Wildman–Crippen MR) is 72.4 cm³/mol. The highest BCUT2D eigenvalue weighted by atomic mass is 15.1. The van der Waals surface area contributed by atoms with Crippen molar-refractivity contribution in [3.8, 4) is 0 Å². The van der Waals surface area contributed by atoms with Gasteiger partial charge in [-0.1, -0.05) is 46.6 Å². The topological polar surface area (TPSA) is 3.24 Å². The van der Waals surface area contributed by atoms with E-state index in [1.807, 2.05) is 0 Å². The molecule has 1 fully saturated rings. The number of hydrogen-bond acceptors (Lipinski definition) is 1. The molecule has 94 valence electrons. The molecule has 1 aliphatic heterocycles. The Hall–Kier alpha value is -0.460. The summed E-state index contributed by atoms with van der Waals surface area (Å²) in [4.78, 5) is 2.53. The molecule has 1 rings (SSSR count). The van der Waals surface area contributed by atoms with Crippen molar-refractivity contribution in [3.05, 3.63) is 12.3 Å². The van der Waals surface area contributed by atoms with E-state index in [1.54, 1.807) is 0 Å². The van der Waals surface area contributed by atoms with E-state index in [-0.39, 0.29) is 0 Å². The second-order valence-corrected chi connectivity index (χ2v) is 5.50. The molecule has 1 heterocycles. The van der Waals surface area contributed by atoms with Crippen LogP contribution in [0.1, 0.15) is 59.3 Å². The van der Waals surface area contributed by atoms with Crippen molar-refractivity contribution in [2.24, 2.45) is 11.8 Å². The van der Waals surface area contributed by atoms with Crippen molar-refractivity contribution in [2.75, 3.05) is 13.1 Å². The fourth-order valence-corrected chi connectivity index (χ4v) is 2.65. The van der Waals surface area contributed by atoms with E-state index in [9.17, 15) is 0 Å². The molecular formula is C15H29N. The lowest BCUT2D eigenvalue weighted by Gasteiger charge is -2.34. The lowest BCUT2D eigenvalue weighted by atomic mass is 9.93. The van der Waals surface area contributed by atoms with Crippen LogP contribution in [0.2, 0.25) is 0 Å². The minimum absolute atomic E-state index is 0.858. The van der Waals surface area contributed by atoms with Gasteiger partial charge in [0.1, 0.15) is 0 Å². The van der Waals surface area contributed by atoms with Gasteiger partial charge in [-0.2, -0.15) is 0 Å². The van der Waals surface area contributed by atoms with Crippen LogP contribution in [-0.2, 0) is 0 Å². The maximum atomic E-state index is 4.30. The fourth-order valence-electron chi connectivity index (χ4n) is 2.65. The average molecular weight is 223 g/mol. The highest BCUT2D eigenvalue weighted by Crippen LogP contribution is 2.25. The molecule has 0 spiro atoms. The molecule has 0 N–H and O–H groups in total. The van der Waals surface area contributed by atoms with Crippen LogP contribution in [0.4, 0.5) is 0 Å². The van der Waals surface area contributed by atoms with Gasteiger partial charge in [0.25, 0.3) is 0 Å². The molecule has 0 bridgehead atoms. The summed E-state index contributed by atoms with van der Waals surface area (Å²) >= 11 is 0. The van der Waals surface area contributed by atoms with Gasteiger partial charge >= 0.3 is 0 Å². The molecule has 1 saturated heterocycles. The van der Waals surface area contributed by atoms with Crippen molar-refractivity contribution in [2.45, 2.75) is 59.3 Å². The molecule has 0 radical (unpaired) electrons. The van der Waals surface area contributed by atoms with Crippen LogP contribution < -0.4 is 0 Å². The Balaban J connectivity index is 2.33. The van der Waals surface area contributed by atoms with E-state index in [1.165, 1.54) is 57.3 Å². The second-order valence-electron chi connectivity index (χ2n) is 5.50. The Kier molecular flexibility index (Phi) is 5.94. The first-order chi connectivity index (χ1) is 7.67. The van der Waals surface area contributed by atoms with Crippen LogP contribution in [0.25, 0.3) is 0 Å². The third kappa shape index (κ3) is 4.19. The SMILES string of the molecule is C=C(C[C@@H](CC)CCC)N1CCC(C)CC1. The van der Waals surface area contributed by atoms with E-state index in [0.717, 1.165) is 11.8 Å². The molecule has 0 aromatic rings. The van der Waals surface area contributed by atoms with Gasteiger partial charge in [0, 0.05) is 18.8 Å². The average Bonchev–Trinajstić information content (AvgIpc) is 2.29. The zero-order valence-electron chi connectivity index (χ0n) is 11.5. The summed E-state index contributed by atoms with van der Waals surface area (Å²) in [5, 5.41) is 0. The molecule has 0 aromatic carbocycles. The molecule has 0 unspecified atom stereocenters. The molecule has 0 amide bonds. The van der Waals surface area contributed by atoms with Gasteiger partial charge in [-0.25, -0.2) is 0 Å². The van der Waals surface area contributed by atoms with Crippen molar-refractivity contribution >= 4 is 0 Å². The normalized spacial score (nSPS) is 19.8. The van der Waals surface area contributed by atoms with Crippen molar-refractivity contribution in [1.29, 1.82) is 0 Å². The van der Waals surface area contributed by atoms with Crippen LogP contribution in [0, 0.1) is 11.8 Å². The summed E-state index contributed by atoms with van der Waals surface area (Å²) in [5.74, 6) is 1.78. The first-order valence-electron chi connectivity index (χ1n) is 7.10. The van der Waals surface area contributed by atoms with E-state index in [0.29, 0.717) is 0 Å². The van der Waals surface area contributed by atoms with E-state index >= 15 is 0 Å². The molecule has 1 nitrogen and oxygen atoms in total. The monoisotopic (exact) mass is 223 g/mol. The molecule has 1 atom stereocenters. The van der Waals surface area contributed by atoms with Crippen molar-refractivity contribution in [1.82, 2.24) is 4.90 Å². The standard InChI is InChI=1S/C15H29N/c1-5-7-15(6-2)12-14(4)16-10-8-13(3)9-11-16/h13,15H,4-12H2,1-3H3/t15-/m0/s1. The third-order valence-corrected chi connectivity index (χ3v) is 4.03. The predicted octanol–water partition coefficient (Wildman–Crippen LogP) is 4.45. The molecule has 16 heavy (non-hydrogen) atoms. The van der Waals surface area contributed by atoms with Gasteiger partial charge in [-0.15, -0.1) is 0 Å². The van der Waals surface area contributed by atoms with Crippen LogP contribution in [0.15, 0.2) is 12.3 Å². The lowest BCUT2D eigenvalue weighted by Crippen LogP contribution is -2.32. The number of allylic oxidation sites excluding steroid dienone is 1. The summed E-state index contributed by atoms with van der Waals surface area (Å²) in [6, 6.07) is 0. The smallest absolute Gasteiger partial charge is 0.0177 e. The van der Waals surface area contributed by atoms with E-state index in [2.05, 4.69) is 32.3 Å². The summed E-state index contributed by atoms with van der Waals surface area (Å²) in [5.41, 5.74) is 1.40. The first kappa shape index (κ1) is 13.6. The zero-order chi connectivity index (χ0) is 12.0. The van der Waals surface area contributed by atoms with Crippen molar-refractivity contribution in [3.63, 3.8) is 0 Å². The Morgan fingerprint density at radius 3 is 2.44 bits per heavy atom. The largest absolute Gasteiger partial charge is 0.375 e. The van der Waals surface area contributed by atoms with Gasteiger partial charge in [0.05, 0.1) is 0 Å². The van der Waals surface area contributed by atoms with Gasteiger partial charge in [-0.05, 0) is 31.1 Å².